The molecule has 2 amide bonds. The summed E-state index contributed by atoms with van der Waals surface area (Å²) in [5.74, 6) is -2.28. The van der Waals surface area contributed by atoms with Gasteiger partial charge in [0.25, 0.3) is 0 Å². The van der Waals surface area contributed by atoms with Crippen molar-refractivity contribution in [3.05, 3.63) is 0 Å². The number of carboxylic acid groups (broad SMARTS) is 1. The second-order valence-corrected chi connectivity index (χ2v) is 7.22. The van der Waals surface area contributed by atoms with E-state index in [1.807, 2.05) is 0 Å². The molecule has 192 valence electrons. The van der Waals surface area contributed by atoms with Gasteiger partial charge < -0.3 is 40.4 Å². The number of carboxylic acids is 1. The van der Waals surface area contributed by atoms with Gasteiger partial charge in [-0.15, -0.1) is 0 Å². The van der Waals surface area contributed by atoms with Crippen LogP contribution in [-0.2, 0) is 38.1 Å². The average Bonchev–Trinajstić information content (AvgIpc) is 2.77. The third-order valence-corrected chi connectivity index (χ3v) is 4.44. The fraction of sp³-hybridized carbons (Fsp3) is 0.810. The zero-order valence-electron chi connectivity index (χ0n) is 19.5. The molecule has 12 nitrogen and oxygen atoms in total. The van der Waals surface area contributed by atoms with Gasteiger partial charge in [-0.05, 0) is 25.8 Å². The van der Waals surface area contributed by atoms with E-state index < -0.39 is 12.4 Å². The second kappa shape index (κ2) is 21.7. The molecule has 0 bridgehead atoms. The van der Waals surface area contributed by atoms with Gasteiger partial charge in [-0.2, -0.15) is 0 Å². The maximum Gasteiger partial charge on any atom is 0.310 e. The van der Waals surface area contributed by atoms with Gasteiger partial charge >= 0.3 is 5.97 Å². The van der Waals surface area contributed by atoms with Crippen molar-refractivity contribution in [3.8, 4) is 0 Å². The molecule has 12 heteroatoms. The summed E-state index contributed by atoms with van der Waals surface area (Å²) in [4.78, 5) is 45.7. The van der Waals surface area contributed by atoms with Gasteiger partial charge in [-0.1, -0.05) is 6.42 Å². The zero-order valence-corrected chi connectivity index (χ0v) is 19.5. The smallest absolute Gasteiger partial charge is 0.310 e. The summed E-state index contributed by atoms with van der Waals surface area (Å²) in [5, 5.41) is 14.1. The Morgan fingerprint density at radius 1 is 0.818 bits per heavy atom. The predicted molar refractivity (Wildman–Crippen MR) is 119 cm³/mol. The SMILES string of the molecule is COCCOCC(=O)NCCOCCOCC(=O)NCCCC[C@H](CCN)C(=O)CC(=O)O. The molecule has 0 spiro atoms. The van der Waals surface area contributed by atoms with Crippen molar-refractivity contribution in [2.24, 2.45) is 11.7 Å². The number of Topliss-reactive ketones (excluding diaryl/α,β-unsaturated/α-hetero) is 1. The lowest BCUT2D eigenvalue weighted by Gasteiger charge is -2.14. The third-order valence-electron chi connectivity index (χ3n) is 4.44. The standard InChI is InChI=1S/C21H39N3O9/c1-30-10-11-32-16-20(27)24-8-9-31-12-13-33-15-19(26)23-7-3-2-4-17(5-6-22)18(25)14-21(28)29/h17H,2-16,22H2,1H3,(H,23,26)(H,24,27)(H,28,29)/t17-/m1/s1. The molecule has 0 aliphatic heterocycles. The van der Waals surface area contributed by atoms with E-state index in [0.717, 1.165) is 0 Å². The molecule has 0 aromatic heterocycles. The van der Waals surface area contributed by atoms with Gasteiger partial charge in [0, 0.05) is 26.1 Å². The highest BCUT2D eigenvalue weighted by Gasteiger charge is 2.19. The van der Waals surface area contributed by atoms with Crippen LogP contribution in [0.5, 0.6) is 0 Å². The van der Waals surface area contributed by atoms with Crippen LogP contribution >= 0.6 is 0 Å². The molecule has 5 N–H and O–H groups in total. The van der Waals surface area contributed by atoms with E-state index >= 15 is 0 Å². The summed E-state index contributed by atoms with van der Waals surface area (Å²) >= 11 is 0. The molecule has 0 aliphatic carbocycles. The molecular formula is C21H39N3O9. The molecule has 0 saturated carbocycles. The number of rotatable bonds is 23. The Morgan fingerprint density at radius 2 is 1.42 bits per heavy atom. The summed E-state index contributed by atoms with van der Waals surface area (Å²) in [7, 11) is 1.55. The van der Waals surface area contributed by atoms with Crippen LogP contribution in [0, 0.1) is 5.92 Å². The molecule has 0 fully saturated rings. The number of nitrogens with two attached hydrogens (primary N) is 1. The largest absolute Gasteiger partial charge is 0.481 e. The number of ketones is 1. The number of hydrogen-bond donors (Lipinski definition) is 4. The van der Waals surface area contributed by atoms with Gasteiger partial charge in [0.15, 0.2) is 0 Å². The van der Waals surface area contributed by atoms with Crippen molar-refractivity contribution in [1.29, 1.82) is 0 Å². The predicted octanol–water partition coefficient (Wildman–Crippen LogP) is -0.906. The number of unbranched alkanes of at least 4 members (excludes halogenated alkanes) is 1. The van der Waals surface area contributed by atoms with Crippen LogP contribution < -0.4 is 16.4 Å². The van der Waals surface area contributed by atoms with Crippen LogP contribution in [0.1, 0.15) is 32.1 Å². The molecule has 0 unspecified atom stereocenters. The molecule has 0 aromatic rings. The molecular weight excluding hydrogens is 438 g/mol. The number of ether oxygens (including phenoxy) is 4. The quantitative estimate of drug-likeness (QED) is 0.106. The number of methoxy groups -OCH3 is 1. The van der Waals surface area contributed by atoms with Gasteiger partial charge in [0.2, 0.25) is 11.8 Å². The third kappa shape index (κ3) is 20.2. The Bertz CT molecular complexity index is 561. The van der Waals surface area contributed by atoms with Crippen molar-refractivity contribution in [2.75, 3.05) is 73.0 Å². The summed E-state index contributed by atoms with van der Waals surface area (Å²) in [6.07, 6.45) is 1.87. The van der Waals surface area contributed by atoms with Crippen molar-refractivity contribution in [1.82, 2.24) is 10.6 Å². The highest BCUT2D eigenvalue weighted by atomic mass is 16.5. The van der Waals surface area contributed by atoms with Crippen LogP contribution in [0.4, 0.5) is 0 Å². The number of carbonyl (C=O) groups excluding carboxylic acids is 3. The van der Waals surface area contributed by atoms with Gasteiger partial charge in [-0.25, -0.2) is 0 Å². The first-order valence-corrected chi connectivity index (χ1v) is 11.1. The fourth-order valence-electron chi connectivity index (χ4n) is 2.76. The van der Waals surface area contributed by atoms with E-state index in [1.54, 1.807) is 7.11 Å². The van der Waals surface area contributed by atoms with Gasteiger partial charge in [0.1, 0.15) is 25.4 Å². The average molecular weight is 478 g/mol. The van der Waals surface area contributed by atoms with E-state index in [4.69, 9.17) is 29.8 Å². The molecule has 1 atom stereocenters. The highest BCUT2D eigenvalue weighted by molar-refractivity contribution is 5.96. The Hall–Kier alpha value is -2.12. The fourth-order valence-corrected chi connectivity index (χ4v) is 2.76. The Morgan fingerprint density at radius 3 is 2.03 bits per heavy atom. The molecule has 0 radical (unpaired) electrons. The number of hydrogen-bond acceptors (Lipinski definition) is 9. The van der Waals surface area contributed by atoms with Crippen LogP contribution in [0.3, 0.4) is 0 Å². The van der Waals surface area contributed by atoms with Crippen molar-refractivity contribution in [3.63, 3.8) is 0 Å². The van der Waals surface area contributed by atoms with E-state index in [2.05, 4.69) is 10.6 Å². The molecule has 0 aliphatic rings. The number of amides is 2. The topological polar surface area (TPSA) is 176 Å². The number of nitrogens with one attached hydrogen (secondary N) is 2. The Labute approximate surface area is 194 Å². The van der Waals surface area contributed by atoms with Gasteiger partial charge in [-0.3, -0.25) is 19.2 Å². The van der Waals surface area contributed by atoms with Crippen molar-refractivity contribution in [2.45, 2.75) is 32.1 Å². The van der Waals surface area contributed by atoms with E-state index in [9.17, 15) is 19.2 Å². The molecule has 0 aromatic carbocycles. The van der Waals surface area contributed by atoms with Crippen LogP contribution in [-0.4, -0.2) is 102 Å². The van der Waals surface area contributed by atoms with Gasteiger partial charge in [0.05, 0.1) is 33.0 Å². The lowest BCUT2D eigenvalue weighted by atomic mass is 9.92. The maximum absolute atomic E-state index is 11.9. The van der Waals surface area contributed by atoms with Crippen molar-refractivity contribution < 1.29 is 43.2 Å². The molecule has 0 rings (SSSR count). The van der Waals surface area contributed by atoms with Crippen LogP contribution in [0.15, 0.2) is 0 Å². The first-order chi connectivity index (χ1) is 15.9. The zero-order chi connectivity index (χ0) is 24.7. The Kier molecular flexibility index (Phi) is 20.3. The van der Waals surface area contributed by atoms with E-state index in [0.29, 0.717) is 71.7 Å². The lowest BCUT2D eigenvalue weighted by Crippen LogP contribution is -2.31. The number of aliphatic carboxylic acids is 1. The minimum absolute atomic E-state index is 0.0291. The first-order valence-electron chi connectivity index (χ1n) is 11.1. The minimum Gasteiger partial charge on any atom is -0.481 e. The molecule has 33 heavy (non-hydrogen) atoms. The van der Waals surface area contributed by atoms with Crippen molar-refractivity contribution >= 4 is 23.6 Å². The summed E-state index contributed by atoms with van der Waals surface area (Å²) in [5.41, 5.74) is 5.49. The Balaban J connectivity index is 3.59. The minimum atomic E-state index is -1.13. The summed E-state index contributed by atoms with van der Waals surface area (Å²) in [6.45, 7) is 2.64. The van der Waals surface area contributed by atoms with Crippen LogP contribution in [0.2, 0.25) is 0 Å². The molecule has 0 saturated heterocycles. The monoisotopic (exact) mass is 477 g/mol. The summed E-state index contributed by atoms with van der Waals surface area (Å²) < 4.78 is 20.4. The maximum atomic E-state index is 11.9. The first kappa shape index (κ1) is 30.9. The highest BCUT2D eigenvalue weighted by Crippen LogP contribution is 2.15. The normalized spacial score (nSPS) is 11.7. The van der Waals surface area contributed by atoms with E-state index in [1.165, 1.54) is 0 Å². The number of carbonyl (C=O) groups is 4. The lowest BCUT2D eigenvalue weighted by molar-refractivity contribution is -0.141. The summed E-state index contributed by atoms with van der Waals surface area (Å²) in [6, 6.07) is 0. The molecule has 0 heterocycles. The van der Waals surface area contributed by atoms with Crippen LogP contribution in [0.25, 0.3) is 0 Å². The van der Waals surface area contributed by atoms with E-state index in [-0.39, 0.29) is 43.3 Å². The second-order valence-electron chi connectivity index (χ2n) is 7.22.